The van der Waals surface area contributed by atoms with E-state index >= 15 is 0 Å². The first kappa shape index (κ1) is 18.2. The zero-order valence-electron chi connectivity index (χ0n) is 14.3. The molecule has 0 fully saturated rings. The molecule has 0 amide bonds. The second-order valence-corrected chi connectivity index (χ2v) is 5.73. The predicted molar refractivity (Wildman–Crippen MR) is 96.3 cm³/mol. The predicted octanol–water partition coefficient (Wildman–Crippen LogP) is 5.49. The van der Waals surface area contributed by atoms with Crippen LogP contribution in [0.15, 0.2) is 60.2 Å². The Hall–Kier alpha value is -1.83. The summed E-state index contributed by atoms with van der Waals surface area (Å²) in [6.45, 7) is 7.35. The van der Waals surface area contributed by atoms with Gasteiger partial charge in [-0.2, -0.15) is 0 Å². The van der Waals surface area contributed by atoms with Gasteiger partial charge in [0.2, 0.25) is 0 Å². The van der Waals surface area contributed by atoms with E-state index in [0.29, 0.717) is 0 Å². The Labute approximate surface area is 134 Å². The van der Waals surface area contributed by atoms with Gasteiger partial charge >= 0.3 is 0 Å². The van der Waals surface area contributed by atoms with Crippen molar-refractivity contribution in [2.45, 2.75) is 39.3 Å². The average molecular weight is 301 g/mol. The number of aryl methyl sites for hydroxylation is 1. The van der Waals surface area contributed by atoms with Gasteiger partial charge in [0.15, 0.2) is 0 Å². The van der Waals surface area contributed by atoms with E-state index in [0.717, 1.165) is 30.4 Å². The fourth-order valence-corrected chi connectivity index (χ4v) is 2.48. The molecule has 0 radical (unpaired) electrons. The van der Waals surface area contributed by atoms with Crippen molar-refractivity contribution >= 4 is 5.69 Å². The monoisotopic (exact) mass is 301 g/mol. The summed E-state index contributed by atoms with van der Waals surface area (Å²) in [6, 6.07) is 8.61. The van der Waals surface area contributed by atoms with E-state index in [4.69, 9.17) is 0 Å². The lowest BCUT2D eigenvalue weighted by molar-refractivity contribution is 0.428. The fourth-order valence-electron chi connectivity index (χ4n) is 2.48. The molecule has 0 N–H and O–H groups in total. The number of hydrogen-bond acceptors (Lipinski definition) is 1. The Morgan fingerprint density at radius 3 is 2.36 bits per heavy atom. The first-order chi connectivity index (χ1) is 10.5. The van der Waals surface area contributed by atoms with E-state index in [1.165, 1.54) is 11.3 Å². The van der Waals surface area contributed by atoms with Crippen LogP contribution in [0.25, 0.3) is 0 Å². The molecule has 0 aromatic heterocycles. The van der Waals surface area contributed by atoms with E-state index in [1.54, 1.807) is 19.1 Å². The van der Waals surface area contributed by atoms with Crippen LogP contribution in [0.1, 0.15) is 32.3 Å². The van der Waals surface area contributed by atoms with Crippen LogP contribution >= 0.6 is 0 Å². The molecule has 0 saturated carbocycles. The number of anilines is 1. The summed E-state index contributed by atoms with van der Waals surface area (Å²) in [6.07, 6.45) is 7.45. The summed E-state index contributed by atoms with van der Waals surface area (Å²) in [7, 11) is 4.08. The van der Waals surface area contributed by atoms with Gasteiger partial charge in [0.05, 0.1) is 0 Å². The summed E-state index contributed by atoms with van der Waals surface area (Å²) < 4.78 is 13.3. The van der Waals surface area contributed by atoms with E-state index in [9.17, 15) is 4.39 Å². The van der Waals surface area contributed by atoms with Crippen LogP contribution in [0, 0.1) is 0 Å². The molecular formula is C20H28FN. The molecule has 1 rings (SSSR count). The third-order valence-corrected chi connectivity index (χ3v) is 3.70. The van der Waals surface area contributed by atoms with Crippen LogP contribution in [0.3, 0.4) is 0 Å². The van der Waals surface area contributed by atoms with Crippen LogP contribution in [-0.2, 0) is 6.42 Å². The lowest BCUT2D eigenvalue weighted by Crippen LogP contribution is -2.08. The quantitative estimate of drug-likeness (QED) is 0.574. The topological polar surface area (TPSA) is 3.24 Å². The van der Waals surface area contributed by atoms with Gasteiger partial charge in [-0.05, 0) is 68.0 Å². The number of allylic oxidation sites excluding steroid dienone is 5. The minimum atomic E-state index is -0.927. The van der Waals surface area contributed by atoms with Crippen LogP contribution in [-0.4, -0.2) is 20.3 Å². The third-order valence-electron chi connectivity index (χ3n) is 3.70. The van der Waals surface area contributed by atoms with Crippen LogP contribution < -0.4 is 4.90 Å². The lowest BCUT2D eigenvalue weighted by Gasteiger charge is -2.13. The molecule has 22 heavy (non-hydrogen) atoms. The molecule has 0 spiro atoms. The van der Waals surface area contributed by atoms with Gasteiger partial charge in [0.1, 0.15) is 6.17 Å². The van der Waals surface area contributed by atoms with Crippen molar-refractivity contribution in [1.29, 1.82) is 0 Å². The van der Waals surface area contributed by atoms with Gasteiger partial charge in [0, 0.05) is 19.8 Å². The zero-order valence-corrected chi connectivity index (χ0v) is 14.3. The van der Waals surface area contributed by atoms with Crippen LogP contribution in [0.2, 0.25) is 0 Å². The number of benzene rings is 1. The lowest BCUT2D eigenvalue weighted by atomic mass is 9.97. The Morgan fingerprint density at radius 2 is 1.91 bits per heavy atom. The molecule has 120 valence electrons. The maximum atomic E-state index is 13.3. The molecule has 1 unspecified atom stereocenters. The summed E-state index contributed by atoms with van der Waals surface area (Å²) in [5.41, 5.74) is 4.61. The minimum absolute atomic E-state index is 0.870. The largest absolute Gasteiger partial charge is 0.378 e. The molecule has 0 bridgehead atoms. The number of rotatable bonds is 8. The Balaban J connectivity index is 2.64. The van der Waals surface area contributed by atoms with Gasteiger partial charge in [0.25, 0.3) is 0 Å². The van der Waals surface area contributed by atoms with E-state index in [1.807, 2.05) is 27.1 Å². The normalized spacial score (nSPS) is 13.9. The highest BCUT2D eigenvalue weighted by molar-refractivity contribution is 5.46. The molecule has 0 aliphatic rings. The van der Waals surface area contributed by atoms with Crippen molar-refractivity contribution in [3.8, 4) is 0 Å². The molecule has 0 heterocycles. The van der Waals surface area contributed by atoms with Gasteiger partial charge < -0.3 is 4.90 Å². The summed E-state index contributed by atoms with van der Waals surface area (Å²) >= 11 is 0. The highest BCUT2D eigenvalue weighted by Gasteiger charge is 2.05. The average Bonchev–Trinajstić information content (AvgIpc) is 2.48. The molecule has 1 aromatic carbocycles. The maximum Gasteiger partial charge on any atom is 0.116 e. The molecule has 0 saturated heterocycles. The molecule has 1 atom stereocenters. The Kier molecular flexibility index (Phi) is 7.65. The zero-order chi connectivity index (χ0) is 16.5. The molecule has 0 aliphatic carbocycles. The molecule has 1 nitrogen and oxygen atoms in total. The van der Waals surface area contributed by atoms with Crippen molar-refractivity contribution in [3.05, 3.63) is 65.8 Å². The fraction of sp³-hybridized carbons (Fsp3) is 0.400. The van der Waals surface area contributed by atoms with Gasteiger partial charge in [-0.1, -0.05) is 30.9 Å². The van der Waals surface area contributed by atoms with Crippen LogP contribution in [0.4, 0.5) is 10.1 Å². The van der Waals surface area contributed by atoms with Crippen molar-refractivity contribution in [1.82, 2.24) is 0 Å². The number of halogens is 1. The smallest absolute Gasteiger partial charge is 0.116 e. The van der Waals surface area contributed by atoms with Crippen molar-refractivity contribution in [2.75, 3.05) is 19.0 Å². The summed E-state index contributed by atoms with van der Waals surface area (Å²) in [5.74, 6) is 0. The number of alkyl halides is 1. The highest BCUT2D eigenvalue weighted by Crippen LogP contribution is 2.21. The van der Waals surface area contributed by atoms with Crippen molar-refractivity contribution in [2.24, 2.45) is 0 Å². The first-order valence-electron chi connectivity index (χ1n) is 7.88. The maximum absolute atomic E-state index is 13.3. The molecule has 0 aliphatic heterocycles. The van der Waals surface area contributed by atoms with Gasteiger partial charge in [-0.25, -0.2) is 4.39 Å². The van der Waals surface area contributed by atoms with Crippen molar-refractivity contribution < 1.29 is 4.39 Å². The number of nitrogens with zero attached hydrogens (tertiary/aromatic N) is 1. The van der Waals surface area contributed by atoms with E-state index in [2.05, 4.69) is 35.7 Å². The Bertz CT molecular complexity index is 521. The minimum Gasteiger partial charge on any atom is -0.378 e. The molecular weight excluding hydrogens is 273 g/mol. The second-order valence-electron chi connectivity index (χ2n) is 5.73. The van der Waals surface area contributed by atoms with Gasteiger partial charge in [-0.3, -0.25) is 0 Å². The van der Waals surface area contributed by atoms with Crippen LogP contribution in [0.5, 0.6) is 0 Å². The number of hydrogen-bond donors (Lipinski definition) is 0. The second kappa shape index (κ2) is 9.24. The van der Waals surface area contributed by atoms with Gasteiger partial charge in [-0.15, -0.1) is 0 Å². The SMILES string of the molecule is C=CC(=C/C)/C(=C\C(C)F)CCCc1ccc(N(C)C)cc1. The molecule has 1 aromatic rings. The van der Waals surface area contributed by atoms with E-state index < -0.39 is 6.17 Å². The standard InChI is InChI=1S/C20H28FN/c1-6-18(7-2)19(15-16(3)21)10-8-9-17-11-13-20(14-12-17)22(4)5/h6-7,11-16H,1,8-10H2,2-5H3/b18-7-,19-15-. The summed E-state index contributed by atoms with van der Waals surface area (Å²) in [5, 5.41) is 0. The van der Waals surface area contributed by atoms with Crippen molar-refractivity contribution in [3.63, 3.8) is 0 Å². The van der Waals surface area contributed by atoms with E-state index in [-0.39, 0.29) is 0 Å². The Morgan fingerprint density at radius 1 is 1.27 bits per heavy atom. The highest BCUT2D eigenvalue weighted by atomic mass is 19.1. The third kappa shape index (κ3) is 5.88. The first-order valence-corrected chi connectivity index (χ1v) is 7.88. The molecule has 2 heteroatoms. The summed E-state index contributed by atoms with van der Waals surface area (Å²) in [4.78, 5) is 2.09.